The van der Waals surface area contributed by atoms with Gasteiger partial charge in [0.05, 0.1) is 6.61 Å². The number of hydrogen-bond donors (Lipinski definition) is 0. The lowest BCUT2D eigenvalue weighted by molar-refractivity contribution is -0.143. The summed E-state index contributed by atoms with van der Waals surface area (Å²) < 4.78 is 7.18. The molecule has 0 unspecified atom stereocenters. The molecule has 88 valence electrons. The number of ketones is 1. The lowest BCUT2D eigenvalue weighted by Gasteiger charge is -2.45. The Kier molecular flexibility index (Phi) is 2.23. The van der Waals surface area contributed by atoms with Crippen LogP contribution in [0.1, 0.15) is 0 Å². The van der Waals surface area contributed by atoms with Crippen LogP contribution in [-0.2, 0) is 14.3 Å². The summed E-state index contributed by atoms with van der Waals surface area (Å²) in [4.78, 5) is 12.1. The molecule has 3 rings (SSSR count). The molecule has 3 aliphatic heterocycles. The van der Waals surface area contributed by atoms with Gasteiger partial charge < -0.3 is 9.47 Å². The average Bonchev–Trinajstić information content (AvgIpc) is 2.95. The minimum absolute atomic E-state index is 0.322. The largest absolute Gasteiger partial charge is 0.369 e. The Hall–Kier alpha value is 0.490. The van der Waals surface area contributed by atoms with Crippen LogP contribution in [0.2, 0.25) is 0 Å². The molecule has 0 aromatic heterocycles. The summed E-state index contributed by atoms with van der Waals surface area (Å²) in [6.07, 6.45) is 2.17. The van der Waals surface area contributed by atoms with E-state index in [9.17, 15) is 4.79 Å². The summed E-state index contributed by atoms with van der Waals surface area (Å²) in [5.74, 6) is -0.664. The second kappa shape index (κ2) is 3.08. The maximum absolute atomic E-state index is 12.1. The Balaban J connectivity index is 2.13. The van der Waals surface area contributed by atoms with E-state index in [0.717, 1.165) is 0 Å². The van der Waals surface area contributed by atoms with Gasteiger partial charge in [0.2, 0.25) is 14.4 Å². The molecule has 3 heterocycles. The van der Waals surface area contributed by atoms with Gasteiger partial charge in [-0.3, -0.25) is 4.79 Å². The Morgan fingerprint density at radius 1 is 1.31 bits per heavy atom. The van der Waals surface area contributed by atoms with Gasteiger partial charge in [-0.15, -0.1) is 0 Å². The summed E-state index contributed by atoms with van der Waals surface area (Å²) in [6, 6.07) is 0. The number of carbonyl (C=O) groups is 1. The highest BCUT2D eigenvalue weighted by atomic mass is 35.5. The standard InChI is InChI=1S/C9H6Cl4O3/c10-8(11)4-1-2-7(16-4,5-3-15-5)9(12,13)6(8)14/h1-2,4-5H,3H2/t4-,5+,7-/m1/s1. The summed E-state index contributed by atoms with van der Waals surface area (Å²) in [5, 5.41) is 0. The number of ether oxygens (including phenoxy) is 2. The monoisotopic (exact) mass is 302 g/mol. The number of rotatable bonds is 1. The predicted octanol–water partition coefficient (Wildman–Crippen LogP) is 2.01. The van der Waals surface area contributed by atoms with Crippen molar-refractivity contribution in [1.82, 2.24) is 0 Å². The first kappa shape index (κ1) is 11.6. The zero-order chi connectivity index (χ0) is 11.8. The fourth-order valence-corrected chi connectivity index (χ4v) is 3.56. The van der Waals surface area contributed by atoms with Gasteiger partial charge in [-0.05, 0) is 6.08 Å². The molecule has 3 aliphatic rings. The molecule has 2 bridgehead atoms. The van der Waals surface area contributed by atoms with Crippen molar-refractivity contribution in [3.63, 3.8) is 0 Å². The maximum Gasteiger partial charge on any atom is 0.213 e. The fraction of sp³-hybridized carbons (Fsp3) is 0.667. The molecule has 16 heavy (non-hydrogen) atoms. The number of halogens is 4. The first-order chi connectivity index (χ1) is 7.32. The van der Waals surface area contributed by atoms with Crippen LogP contribution in [-0.4, -0.2) is 38.9 Å². The highest BCUT2D eigenvalue weighted by Crippen LogP contribution is 2.58. The molecule has 0 aromatic carbocycles. The van der Waals surface area contributed by atoms with Crippen LogP contribution in [0.15, 0.2) is 12.2 Å². The van der Waals surface area contributed by atoms with Crippen LogP contribution in [0.3, 0.4) is 0 Å². The molecule has 0 N–H and O–H groups in total. The smallest absolute Gasteiger partial charge is 0.213 e. The molecule has 7 heteroatoms. The number of alkyl halides is 4. The fourth-order valence-electron chi connectivity index (χ4n) is 2.09. The molecule has 3 atom stereocenters. The van der Waals surface area contributed by atoms with Crippen molar-refractivity contribution in [3.8, 4) is 0 Å². The molecule has 0 aromatic rings. The van der Waals surface area contributed by atoms with Gasteiger partial charge in [0.1, 0.15) is 12.2 Å². The minimum atomic E-state index is -1.83. The second-order valence-electron chi connectivity index (χ2n) is 4.04. The molecule has 3 nitrogen and oxygen atoms in total. The molecule has 0 aliphatic carbocycles. The second-order valence-corrected chi connectivity index (χ2v) is 6.75. The quantitative estimate of drug-likeness (QED) is 0.422. The zero-order valence-corrected chi connectivity index (χ0v) is 10.8. The highest BCUT2D eigenvalue weighted by molar-refractivity contribution is 6.70. The Labute approximate surface area is 112 Å². The average molecular weight is 304 g/mol. The Bertz CT molecular complexity index is 402. The van der Waals surface area contributed by atoms with Crippen LogP contribution >= 0.6 is 46.4 Å². The molecular weight excluding hydrogens is 298 g/mol. The molecular formula is C9H6Cl4O3. The first-order valence-corrected chi connectivity index (χ1v) is 6.13. The SMILES string of the molecule is O=C1C(Cl)(Cl)[C@H]2C=C[C@]([C@@H]3CO3)(O2)C1(Cl)Cl. The van der Waals surface area contributed by atoms with Gasteiger partial charge >= 0.3 is 0 Å². The summed E-state index contributed by atoms with van der Waals surface area (Å²) >= 11 is 24.0. The van der Waals surface area contributed by atoms with E-state index in [1.807, 2.05) is 0 Å². The van der Waals surface area contributed by atoms with Crippen LogP contribution in [0.5, 0.6) is 0 Å². The summed E-state index contributed by atoms with van der Waals surface area (Å²) in [5.41, 5.74) is -1.16. The van der Waals surface area contributed by atoms with E-state index in [4.69, 9.17) is 55.9 Å². The van der Waals surface area contributed by atoms with E-state index in [-0.39, 0.29) is 6.10 Å². The van der Waals surface area contributed by atoms with E-state index in [2.05, 4.69) is 0 Å². The van der Waals surface area contributed by atoms with E-state index in [0.29, 0.717) is 6.61 Å². The van der Waals surface area contributed by atoms with Gasteiger partial charge in [0.15, 0.2) is 5.60 Å². The van der Waals surface area contributed by atoms with Gasteiger partial charge in [0.25, 0.3) is 0 Å². The van der Waals surface area contributed by atoms with Crippen molar-refractivity contribution in [2.75, 3.05) is 6.61 Å². The van der Waals surface area contributed by atoms with Crippen molar-refractivity contribution < 1.29 is 14.3 Å². The molecule has 2 saturated heterocycles. The molecule has 0 amide bonds. The molecule has 0 radical (unpaired) electrons. The minimum Gasteiger partial charge on any atom is -0.369 e. The van der Waals surface area contributed by atoms with Crippen LogP contribution in [0.4, 0.5) is 0 Å². The van der Waals surface area contributed by atoms with Gasteiger partial charge in [-0.1, -0.05) is 52.5 Å². The number of epoxide rings is 1. The van der Waals surface area contributed by atoms with Crippen molar-refractivity contribution in [2.45, 2.75) is 26.5 Å². The van der Waals surface area contributed by atoms with Gasteiger partial charge in [0, 0.05) is 0 Å². The number of Topliss-reactive ketones (excluding diaryl/α,β-unsaturated/α-hetero) is 1. The van der Waals surface area contributed by atoms with Crippen LogP contribution < -0.4 is 0 Å². The third-order valence-corrected chi connectivity index (χ3v) is 4.80. The number of hydrogen-bond acceptors (Lipinski definition) is 3. The van der Waals surface area contributed by atoms with E-state index < -0.39 is 26.2 Å². The zero-order valence-electron chi connectivity index (χ0n) is 7.75. The predicted molar refractivity (Wildman–Crippen MR) is 60.4 cm³/mol. The number of fused-ring (bicyclic) bond motifs is 2. The maximum atomic E-state index is 12.1. The summed E-state index contributed by atoms with van der Waals surface area (Å²) in [7, 11) is 0. The highest BCUT2D eigenvalue weighted by Gasteiger charge is 2.74. The lowest BCUT2D eigenvalue weighted by Crippen LogP contribution is -2.66. The van der Waals surface area contributed by atoms with Crippen LogP contribution in [0.25, 0.3) is 0 Å². The number of carbonyl (C=O) groups excluding carboxylic acids is 1. The van der Waals surface area contributed by atoms with E-state index in [1.54, 1.807) is 12.2 Å². The van der Waals surface area contributed by atoms with Gasteiger partial charge in [-0.2, -0.15) is 0 Å². The van der Waals surface area contributed by atoms with E-state index in [1.165, 1.54) is 0 Å². The van der Waals surface area contributed by atoms with Gasteiger partial charge in [-0.25, -0.2) is 0 Å². The Morgan fingerprint density at radius 2 is 1.94 bits per heavy atom. The molecule has 2 fully saturated rings. The Morgan fingerprint density at radius 3 is 2.50 bits per heavy atom. The van der Waals surface area contributed by atoms with Crippen molar-refractivity contribution in [3.05, 3.63) is 12.2 Å². The molecule has 0 spiro atoms. The van der Waals surface area contributed by atoms with Crippen LogP contribution in [0, 0.1) is 0 Å². The van der Waals surface area contributed by atoms with Crippen molar-refractivity contribution in [1.29, 1.82) is 0 Å². The topological polar surface area (TPSA) is 38.8 Å². The van der Waals surface area contributed by atoms with E-state index >= 15 is 0 Å². The van der Waals surface area contributed by atoms with Crippen molar-refractivity contribution >= 4 is 52.2 Å². The lowest BCUT2D eigenvalue weighted by atomic mass is 9.90. The summed E-state index contributed by atoms with van der Waals surface area (Å²) in [6.45, 7) is 0.448. The molecule has 0 saturated carbocycles. The van der Waals surface area contributed by atoms with Crippen molar-refractivity contribution in [2.24, 2.45) is 0 Å². The normalized spacial score (nSPS) is 47.1. The first-order valence-electron chi connectivity index (χ1n) is 4.62. The third-order valence-electron chi connectivity index (χ3n) is 3.09. The third kappa shape index (κ3) is 1.17.